The Morgan fingerprint density at radius 1 is 1.17 bits per heavy atom. The fourth-order valence-electron chi connectivity index (χ4n) is 2.16. The highest BCUT2D eigenvalue weighted by molar-refractivity contribution is 7.92. The number of ether oxygens (including phenoxy) is 1. The molecule has 1 N–H and O–H groups in total. The highest BCUT2D eigenvalue weighted by atomic mass is 32.2. The standard InChI is InChI=1S/C18H21NO4S/c1-13-7-9-15(10-8-13)12-19-18(20)14(2)24(21,22)17-6-4-5-16(11-17)23-3/h4-11,14H,12H2,1-3H3,(H,19,20). The molecule has 1 atom stereocenters. The molecule has 0 heterocycles. The van der Waals surface area contributed by atoms with Crippen LogP contribution in [0.2, 0.25) is 0 Å². The summed E-state index contributed by atoms with van der Waals surface area (Å²) in [5.74, 6) is -0.0956. The van der Waals surface area contributed by atoms with Gasteiger partial charge in [0, 0.05) is 6.54 Å². The van der Waals surface area contributed by atoms with Crippen molar-refractivity contribution in [2.24, 2.45) is 0 Å². The van der Waals surface area contributed by atoms with E-state index >= 15 is 0 Å². The lowest BCUT2D eigenvalue weighted by molar-refractivity contribution is -0.120. The van der Waals surface area contributed by atoms with Crippen LogP contribution >= 0.6 is 0 Å². The highest BCUT2D eigenvalue weighted by Crippen LogP contribution is 2.21. The quantitative estimate of drug-likeness (QED) is 0.871. The fraction of sp³-hybridized carbons (Fsp3) is 0.278. The van der Waals surface area contributed by atoms with Gasteiger partial charge in [-0.1, -0.05) is 35.9 Å². The molecule has 0 aliphatic rings. The average molecular weight is 347 g/mol. The zero-order valence-electron chi connectivity index (χ0n) is 13.9. The molecule has 0 saturated heterocycles. The van der Waals surface area contributed by atoms with E-state index in [4.69, 9.17) is 4.74 Å². The topological polar surface area (TPSA) is 72.5 Å². The molecule has 1 amide bonds. The third kappa shape index (κ3) is 4.14. The van der Waals surface area contributed by atoms with E-state index in [-0.39, 0.29) is 11.4 Å². The number of hydrogen-bond donors (Lipinski definition) is 1. The van der Waals surface area contributed by atoms with E-state index in [1.54, 1.807) is 12.1 Å². The van der Waals surface area contributed by atoms with Crippen LogP contribution in [-0.4, -0.2) is 26.7 Å². The molecule has 6 heteroatoms. The average Bonchev–Trinajstić information content (AvgIpc) is 2.60. The van der Waals surface area contributed by atoms with Gasteiger partial charge in [-0.05, 0) is 37.6 Å². The Labute approximate surface area is 142 Å². The van der Waals surface area contributed by atoms with Gasteiger partial charge in [-0.3, -0.25) is 4.79 Å². The maximum atomic E-state index is 12.6. The molecular formula is C18H21NO4S. The van der Waals surface area contributed by atoms with Gasteiger partial charge in [-0.2, -0.15) is 0 Å². The number of rotatable bonds is 6. The largest absolute Gasteiger partial charge is 0.497 e. The molecule has 5 nitrogen and oxygen atoms in total. The van der Waals surface area contributed by atoms with Gasteiger partial charge in [0.1, 0.15) is 11.0 Å². The lowest BCUT2D eigenvalue weighted by Gasteiger charge is -2.14. The van der Waals surface area contributed by atoms with Gasteiger partial charge in [0.25, 0.3) is 0 Å². The van der Waals surface area contributed by atoms with Crippen molar-refractivity contribution < 1.29 is 17.9 Å². The second kappa shape index (κ2) is 7.49. The minimum atomic E-state index is -3.77. The molecule has 0 radical (unpaired) electrons. The van der Waals surface area contributed by atoms with Crippen LogP contribution in [0.15, 0.2) is 53.4 Å². The summed E-state index contributed by atoms with van der Waals surface area (Å²) in [5, 5.41) is 1.49. The van der Waals surface area contributed by atoms with Crippen LogP contribution in [0.4, 0.5) is 0 Å². The van der Waals surface area contributed by atoms with Crippen molar-refractivity contribution in [2.45, 2.75) is 30.5 Å². The van der Waals surface area contributed by atoms with Crippen LogP contribution in [-0.2, 0) is 21.2 Å². The Kier molecular flexibility index (Phi) is 5.62. The predicted octanol–water partition coefficient (Wildman–Crippen LogP) is 2.48. The third-order valence-electron chi connectivity index (χ3n) is 3.79. The first kappa shape index (κ1) is 18.0. The van der Waals surface area contributed by atoms with E-state index < -0.39 is 21.0 Å². The molecule has 0 aliphatic heterocycles. The lowest BCUT2D eigenvalue weighted by Crippen LogP contribution is -2.37. The molecular weight excluding hydrogens is 326 g/mol. The maximum Gasteiger partial charge on any atom is 0.238 e. The fourth-order valence-corrected chi connectivity index (χ4v) is 3.48. The molecule has 0 aromatic heterocycles. The molecule has 0 fully saturated rings. The molecule has 0 spiro atoms. The Morgan fingerprint density at radius 2 is 1.83 bits per heavy atom. The van der Waals surface area contributed by atoms with Gasteiger partial charge in [0.2, 0.25) is 5.91 Å². The van der Waals surface area contributed by atoms with Gasteiger partial charge in [-0.15, -0.1) is 0 Å². The van der Waals surface area contributed by atoms with Gasteiger partial charge < -0.3 is 10.1 Å². The van der Waals surface area contributed by atoms with E-state index in [1.807, 2.05) is 31.2 Å². The van der Waals surface area contributed by atoms with Crippen LogP contribution in [0, 0.1) is 6.92 Å². The number of carbonyl (C=O) groups is 1. The summed E-state index contributed by atoms with van der Waals surface area (Å²) in [4.78, 5) is 12.3. The molecule has 0 saturated carbocycles. The van der Waals surface area contributed by atoms with Crippen LogP contribution in [0.5, 0.6) is 5.75 Å². The number of benzene rings is 2. The summed E-state index contributed by atoms with van der Waals surface area (Å²) in [6, 6.07) is 13.8. The predicted molar refractivity (Wildman–Crippen MR) is 92.7 cm³/mol. The SMILES string of the molecule is COc1cccc(S(=O)(=O)C(C)C(=O)NCc2ccc(C)cc2)c1. The smallest absolute Gasteiger partial charge is 0.238 e. The zero-order valence-corrected chi connectivity index (χ0v) is 14.8. The first-order valence-corrected chi connectivity index (χ1v) is 9.10. The van der Waals surface area contributed by atoms with Crippen LogP contribution in [0.1, 0.15) is 18.1 Å². The molecule has 2 aromatic rings. The Bertz CT molecular complexity index is 813. The zero-order chi connectivity index (χ0) is 17.7. The first-order chi connectivity index (χ1) is 11.3. The summed E-state index contributed by atoms with van der Waals surface area (Å²) in [6.07, 6.45) is 0. The lowest BCUT2D eigenvalue weighted by atomic mass is 10.1. The molecule has 24 heavy (non-hydrogen) atoms. The van der Waals surface area contributed by atoms with Gasteiger partial charge in [-0.25, -0.2) is 8.42 Å². The Balaban J connectivity index is 2.09. The van der Waals surface area contributed by atoms with E-state index in [2.05, 4.69) is 5.32 Å². The second-order valence-electron chi connectivity index (χ2n) is 5.57. The normalized spacial score (nSPS) is 12.5. The number of sulfone groups is 1. The molecule has 0 aliphatic carbocycles. The summed E-state index contributed by atoms with van der Waals surface area (Å²) in [5.41, 5.74) is 2.04. The number of carbonyl (C=O) groups excluding carboxylic acids is 1. The van der Waals surface area contributed by atoms with Crippen molar-refractivity contribution in [3.63, 3.8) is 0 Å². The number of aryl methyl sites for hydroxylation is 1. The Hall–Kier alpha value is -2.34. The number of nitrogens with one attached hydrogen (secondary N) is 1. The van der Waals surface area contributed by atoms with Crippen LogP contribution in [0.3, 0.4) is 0 Å². The van der Waals surface area contributed by atoms with Crippen molar-refractivity contribution >= 4 is 15.7 Å². The summed E-state index contributed by atoms with van der Waals surface area (Å²) in [7, 11) is -2.31. The van der Waals surface area contributed by atoms with Crippen molar-refractivity contribution in [1.82, 2.24) is 5.32 Å². The minimum Gasteiger partial charge on any atom is -0.497 e. The van der Waals surface area contributed by atoms with E-state index in [0.29, 0.717) is 5.75 Å². The van der Waals surface area contributed by atoms with Gasteiger partial charge in [0.15, 0.2) is 9.84 Å². The second-order valence-corrected chi connectivity index (χ2v) is 7.84. The maximum absolute atomic E-state index is 12.6. The van der Waals surface area contributed by atoms with E-state index in [9.17, 15) is 13.2 Å². The highest BCUT2D eigenvalue weighted by Gasteiger charge is 2.29. The van der Waals surface area contributed by atoms with Crippen molar-refractivity contribution in [1.29, 1.82) is 0 Å². The van der Waals surface area contributed by atoms with Crippen molar-refractivity contribution in [3.8, 4) is 5.75 Å². The van der Waals surface area contributed by atoms with E-state index in [0.717, 1.165) is 11.1 Å². The number of amides is 1. The first-order valence-electron chi connectivity index (χ1n) is 7.56. The number of hydrogen-bond acceptors (Lipinski definition) is 4. The summed E-state index contributed by atoms with van der Waals surface area (Å²) in [6.45, 7) is 3.65. The minimum absolute atomic E-state index is 0.0693. The molecule has 128 valence electrons. The van der Waals surface area contributed by atoms with Gasteiger partial charge in [0.05, 0.1) is 12.0 Å². The van der Waals surface area contributed by atoms with Gasteiger partial charge >= 0.3 is 0 Å². The molecule has 2 aromatic carbocycles. The van der Waals surface area contributed by atoms with Crippen molar-refractivity contribution in [3.05, 3.63) is 59.7 Å². The summed E-state index contributed by atoms with van der Waals surface area (Å²) >= 11 is 0. The van der Waals surface area contributed by atoms with E-state index in [1.165, 1.54) is 26.2 Å². The Morgan fingerprint density at radius 3 is 2.46 bits per heavy atom. The third-order valence-corrected chi connectivity index (χ3v) is 5.85. The molecule has 2 rings (SSSR count). The van der Waals surface area contributed by atoms with Crippen molar-refractivity contribution in [2.75, 3.05) is 7.11 Å². The van der Waals surface area contributed by atoms with Crippen LogP contribution in [0.25, 0.3) is 0 Å². The van der Waals surface area contributed by atoms with Crippen LogP contribution < -0.4 is 10.1 Å². The number of methoxy groups -OCH3 is 1. The summed E-state index contributed by atoms with van der Waals surface area (Å²) < 4.78 is 30.2. The molecule has 1 unspecified atom stereocenters. The monoisotopic (exact) mass is 347 g/mol. The molecule has 0 bridgehead atoms.